The van der Waals surface area contributed by atoms with Gasteiger partial charge in [-0.1, -0.05) is 18.2 Å². The van der Waals surface area contributed by atoms with Crippen molar-refractivity contribution in [2.24, 2.45) is 0 Å². The minimum Gasteiger partial charge on any atom is -0.473 e. The number of nitrogens with zero attached hydrogens (tertiary/aromatic N) is 2. The van der Waals surface area contributed by atoms with Crippen molar-refractivity contribution in [2.75, 3.05) is 31.2 Å². The molecule has 0 radical (unpaired) electrons. The topological polar surface area (TPSA) is 49.0 Å². The zero-order valence-corrected chi connectivity index (χ0v) is 16.1. The molecule has 1 aromatic rings. The molecule has 0 spiro atoms. The molecule has 3 aliphatic heterocycles. The first-order valence-electron chi connectivity index (χ1n) is 8.60. The molecular formula is C17H23N4O2PS. The van der Waals surface area contributed by atoms with Gasteiger partial charge in [-0.05, 0) is 38.2 Å². The molecule has 8 heteroatoms. The number of anilines is 1. The zero-order chi connectivity index (χ0) is 17.4. The standard InChI is InChI=1S/C17H23N4O2PS/c1-12-10-22-15-16-21(13(2)11-23-16)24(20(12)15)9-8-18-17(25)19-14-6-4-3-5-7-14/h3-7,12-13H,8-11H2,1-2H3,(H2,18,19,25)/t12-,13-/m0/s1. The molecule has 2 N–H and O–H groups in total. The highest BCUT2D eigenvalue weighted by Crippen LogP contribution is 2.61. The van der Waals surface area contributed by atoms with Gasteiger partial charge in [0, 0.05) is 18.4 Å². The van der Waals surface area contributed by atoms with Crippen molar-refractivity contribution in [1.82, 2.24) is 14.7 Å². The smallest absolute Gasteiger partial charge is 0.257 e. The summed E-state index contributed by atoms with van der Waals surface area (Å²) in [4.78, 5) is 0. The van der Waals surface area contributed by atoms with Crippen molar-refractivity contribution in [3.8, 4) is 0 Å². The van der Waals surface area contributed by atoms with Crippen LogP contribution < -0.4 is 10.6 Å². The van der Waals surface area contributed by atoms with Gasteiger partial charge in [0.1, 0.15) is 21.4 Å². The largest absolute Gasteiger partial charge is 0.473 e. The molecule has 4 rings (SSSR count). The highest BCUT2D eigenvalue weighted by atomic mass is 32.1. The van der Waals surface area contributed by atoms with Gasteiger partial charge < -0.3 is 20.1 Å². The Morgan fingerprint density at radius 3 is 2.32 bits per heavy atom. The SMILES string of the molecule is C[C@H]1COC2=C3OC[C@H](C)N3P(CCNC(=S)Nc3ccccc3)N21. The van der Waals surface area contributed by atoms with Crippen molar-refractivity contribution in [3.63, 3.8) is 0 Å². The molecule has 6 nitrogen and oxygen atoms in total. The lowest BCUT2D eigenvalue weighted by molar-refractivity contribution is 0.190. The maximum absolute atomic E-state index is 5.88. The summed E-state index contributed by atoms with van der Waals surface area (Å²) in [7, 11) is -0.502. The third kappa shape index (κ3) is 3.11. The van der Waals surface area contributed by atoms with E-state index in [9.17, 15) is 0 Å². The van der Waals surface area contributed by atoms with Crippen LogP contribution in [-0.4, -0.2) is 52.5 Å². The summed E-state index contributed by atoms with van der Waals surface area (Å²) in [5.41, 5.74) is 1.00. The van der Waals surface area contributed by atoms with Gasteiger partial charge in [-0.15, -0.1) is 0 Å². The van der Waals surface area contributed by atoms with Gasteiger partial charge in [0.15, 0.2) is 5.11 Å². The minimum absolute atomic E-state index is 0.393. The molecule has 0 bridgehead atoms. The number of hydrogen-bond acceptors (Lipinski definition) is 5. The molecule has 0 aromatic heterocycles. The van der Waals surface area contributed by atoms with E-state index in [0.29, 0.717) is 17.2 Å². The van der Waals surface area contributed by atoms with Crippen molar-refractivity contribution < 1.29 is 9.47 Å². The van der Waals surface area contributed by atoms with E-state index in [1.165, 1.54) is 0 Å². The van der Waals surface area contributed by atoms with Crippen LogP contribution in [-0.2, 0) is 9.47 Å². The molecule has 0 amide bonds. The third-order valence-electron chi connectivity index (χ3n) is 4.48. The van der Waals surface area contributed by atoms with Crippen LogP contribution in [0.25, 0.3) is 0 Å². The second-order valence-electron chi connectivity index (χ2n) is 6.46. The Bertz CT molecular complexity index is 658. The number of nitrogens with one attached hydrogen (secondary N) is 2. The molecule has 134 valence electrons. The van der Waals surface area contributed by atoms with Gasteiger partial charge >= 0.3 is 0 Å². The van der Waals surface area contributed by atoms with Crippen molar-refractivity contribution in [2.45, 2.75) is 25.9 Å². The summed E-state index contributed by atoms with van der Waals surface area (Å²) in [5, 5.41) is 7.21. The molecule has 2 fully saturated rings. The lowest BCUT2D eigenvalue weighted by Gasteiger charge is -2.33. The normalized spacial score (nSPS) is 24.7. The summed E-state index contributed by atoms with van der Waals surface area (Å²) in [6.45, 7) is 6.72. The van der Waals surface area contributed by atoms with Crippen LogP contribution in [0, 0.1) is 0 Å². The minimum atomic E-state index is -0.502. The van der Waals surface area contributed by atoms with Gasteiger partial charge in [0.2, 0.25) is 0 Å². The summed E-state index contributed by atoms with van der Waals surface area (Å²) in [5.74, 6) is 1.88. The monoisotopic (exact) mass is 378 g/mol. The Balaban J connectivity index is 1.35. The van der Waals surface area contributed by atoms with Gasteiger partial charge in [-0.2, -0.15) is 0 Å². The quantitative estimate of drug-likeness (QED) is 0.617. The Labute approximate surface area is 155 Å². The molecule has 2 atom stereocenters. The fraction of sp³-hybridized carbons (Fsp3) is 0.471. The summed E-state index contributed by atoms with van der Waals surface area (Å²) in [6.07, 6.45) is 1.00. The van der Waals surface area contributed by atoms with Gasteiger partial charge in [-0.3, -0.25) is 9.34 Å². The van der Waals surface area contributed by atoms with Crippen LogP contribution in [0.3, 0.4) is 0 Å². The fourth-order valence-electron chi connectivity index (χ4n) is 3.34. The molecular weight excluding hydrogens is 355 g/mol. The van der Waals surface area contributed by atoms with Crippen LogP contribution in [0.5, 0.6) is 0 Å². The predicted octanol–water partition coefficient (Wildman–Crippen LogP) is 2.87. The van der Waals surface area contributed by atoms with E-state index < -0.39 is 8.22 Å². The van der Waals surface area contributed by atoms with Crippen molar-refractivity contribution in [1.29, 1.82) is 0 Å². The Kier molecular flexibility index (Phi) is 4.61. The van der Waals surface area contributed by atoms with Crippen LogP contribution in [0.15, 0.2) is 42.1 Å². The fourth-order valence-corrected chi connectivity index (χ4v) is 6.26. The highest BCUT2D eigenvalue weighted by molar-refractivity contribution is 7.80. The second kappa shape index (κ2) is 6.89. The number of rotatable bonds is 4. The number of fused-ring (bicyclic) bond motifs is 2. The Hall–Kier alpha value is -1.72. The first-order valence-corrected chi connectivity index (χ1v) is 10.4. The molecule has 0 saturated carbocycles. The van der Waals surface area contributed by atoms with Crippen LogP contribution in [0.4, 0.5) is 5.69 Å². The number of benzene rings is 1. The molecule has 3 aliphatic rings. The van der Waals surface area contributed by atoms with Crippen molar-refractivity contribution >= 4 is 31.2 Å². The first-order chi connectivity index (χ1) is 12.1. The molecule has 1 aromatic carbocycles. The van der Waals surface area contributed by atoms with Crippen LogP contribution in [0.1, 0.15) is 13.8 Å². The van der Waals surface area contributed by atoms with E-state index in [1.807, 2.05) is 30.3 Å². The molecule has 2 saturated heterocycles. The number of hydrogen-bond donors (Lipinski definition) is 2. The summed E-state index contributed by atoms with van der Waals surface area (Å²) in [6, 6.07) is 10.8. The van der Waals surface area contributed by atoms with E-state index in [2.05, 4.69) is 33.8 Å². The second-order valence-corrected chi connectivity index (χ2v) is 8.92. The van der Waals surface area contributed by atoms with Gasteiger partial charge in [0.25, 0.3) is 11.8 Å². The molecule has 3 heterocycles. The lowest BCUT2D eigenvalue weighted by Crippen LogP contribution is -2.34. The van der Waals surface area contributed by atoms with Crippen molar-refractivity contribution in [3.05, 3.63) is 42.1 Å². The average Bonchev–Trinajstić information content (AvgIpc) is 3.24. The van der Waals surface area contributed by atoms with E-state index in [1.54, 1.807) is 0 Å². The van der Waals surface area contributed by atoms with E-state index in [0.717, 1.165) is 43.4 Å². The molecule has 0 aliphatic carbocycles. The van der Waals surface area contributed by atoms with E-state index in [4.69, 9.17) is 21.7 Å². The number of ether oxygens (including phenoxy) is 2. The van der Waals surface area contributed by atoms with Crippen LogP contribution >= 0.6 is 20.4 Å². The first kappa shape index (κ1) is 16.7. The summed E-state index contributed by atoms with van der Waals surface area (Å²) < 4.78 is 16.6. The number of para-hydroxylation sites is 1. The summed E-state index contributed by atoms with van der Waals surface area (Å²) >= 11 is 5.41. The molecule has 0 unspecified atom stereocenters. The highest BCUT2D eigenvalue weighted by Gasteiger charge is 2.51. The maximum Gasteiger partial charge on any atom is 0.257 e. The average molecular weight is 378 g/mol. The zero-order valence-electron chi connectivity index (χ0n) is 14.4. The number of thiocarbonyl (C=S) groups is 1. The van der Waals surface area contributed by atoms with Gasteiger partial charge in [0.05, 0.1) is 12.1 Å². The maximum atomic E-state index is 5.88. The van der Waals surface area contributed by atoms with E-state index >= 15 is 0 Å². The lowest BCUT2D eigenvalue weighted by atomic mass is 10.3. The van der Waals surface area contributed by atoms with Crippen LogP contribution in [0.2, 0.25) is 0 Å². The Morgan fingerprint density at radius 2 is 1.72 bits per heavy atom. The predicted molar refractivity (Wildman–Crippen MR) is 104 cm³/mol. The van der Waals surface area contributed by atoms with Gasteiger partial charge in [-0.25, -0.2) is 0 Å². The Morgan fingerprint density at radius 1 is 1.12 bits per heavy atom. The van der Waals surface area contributed by atoms with E-state index in [-0.39, 0.29) is 0 Å². The third-order valence-corrected chi connectivity index (χ3v) is 7.50. The molecule has 25 heavy (non-hydrogen) atoms.